The first-order valence-corrected chi connectivity index (χ1v) is 8.04. The number of guanidine groups is 1. The molecule has 124 valence electrons. The van der Waals surface area contributed by atoms with Gasteiger partial charge in [-0.15, -0.1) is 24.0 Å². The number of nitrogens with zero attached hydrogens (tertiary/aromatic N) is 1. The summed E-state index contributed by atoms with van der Waals surface area (Å²) in [5, 5.41) is 8.20. The molecule has 0 amide bonds. The van der Waals surface area contributed by atoms with Crippen LogP contribution >= 0.6 is 24.0 Å². The second-order valence-electron chi connectivity index (χ2n) is 5.75. The average molecular weight is 424 g/mol. The summed E-state index contributed by atoms with van der Waals surface area (Å²) in [6.45, 7) is 0.930. The Morgan fingerprint density at radius 3 is 2.83 bits per heavy atom. The number of rotatable bonds is 5. The summed E-state index contributed by atoms with van der Waals surface area (Å²) in [7, 11) is 1.83. The summed E-state index contributed by atoms with van der Waals surface area (Å²) in [6, 6.07) is 8.97. The number of halogens is 1. The molecule has 5 heteroatoms. The molecule has 4 nitrogen and oxygen atoms in total. The van der Waals surface area contributed by atoms with E-state index in [0.717, 1.165) is 38.2 Å². The average Bonchev–Trinajstić information content (AvgIpc) is 3.20. The number of aromatic amines is 1. The summed E-state index contributed by atoms with van der Waals surface area (Å²) >= 11 is 0. The highest BCUT2D eigenvalue weighted by Gasteiger charge is 2.11. The molecule has 0 bridgehead atoms. The van der Waals surface area contributed by atoms with Crippen LogP contribution in [-0.2, 0) is 6.42 Å². The van der Waals surface area contributed by atoms with Crippen molar-refractivity contribution in [3.05, 3.63) is 48.2 Å². The Hall–Kier alpha value is -1.50. The minimum atomic E-state index is 0. The van der Waals surface area contributed by atoms with Crippen LogP contribution in [-0.4, -0.2) is 30.6 Å². The van der Waals surface area contributed by atoms with Crippen molar-refractivity contribution >= 4 is 40.8 Å². The van der Waals surface area contributed by atoms with Gasteiger partial charge < -0.3 is 15.6 Å². The molecule has 1 heterocycles. The van der Waals surface area contributed by atoms with Crippen molar-refractivity contribution in [2.45, 2.75) is 31.7 Å². The van der Waals surface area contributed by atoms with Gasteiger partial charge >= 0.3 is 0 Å². The molecule has 1 aromatic heterocycles. The molecule has 0 atom stereocenters. The van der Waals surface area contributed by atoms with Gasteiger partial charge in [0.2, 0.25) is 0 Å². The van der Waals surface area contributed by atoms with Crippen LogP contribution in [0.25, 0.3) is 10.9 Å². The van der Waals surface area contributed by atoms with Gasteiger partial charge in [-0.25, -0.2) is 0 Å². The molecule has 1 aliphatic carbocycles. The largest absolute Gasteiger partial charge is 0.361 e. The maximum Gasteiger partial charge on any atom is 0.191 e. The molecule has 0 spiro atoms. The highest BCUT2D eigenvalue weighted by atomic mass is 127. The lowest BCUT2D eigenvalue weighted by molar-refractivity contribution is 0.629. The monoisotopic (exact) mass is 424 g/mol. The molecule has 3 N–H and O–H groups in total. The van der Waals surface area contributed by atoms with Crippen LogP contribution < -0.4 is 10.6 Å². The maximum atomic E-state index is 4.30. The molecule has 1 aromatic carbocycles. The lowest BCUT2D eigenvalue weighted by atomic mass is 10.1. The fraction of sp³-hybridized carbons (Fsp3) is 0.389. The third-order valence-corrected chi connectivity index (χ3v) is 4.16. The van der Waals surface area contributed by atoms with Crippen LogP contribution in [0.5, 0.6) is 0 Å². The SMILES string of the molecule is CN=C(NCCCc1c[nH]c2ccccc12)NC1CC=CC1.I. The number of hydrogen-bond acceptors (Lipinski definition) is 1. The molecule has 2 aromatic rings. The minimum Gasteiger partial charge on any atom is -0.361 e. The first-order chi connectivity index (χ1) is 10.9. The minimum absolute atomic E-state index is 0. The lowest BCUT2D eigenvalue weighted by Crippen LogP contribution is -2.42. The summed E-state index contributed by atoms with van der Waals surface area (Å²) in [5.41, 5.74) is 2.61. The van der Waals surface area contributed by atoms with E-state index in [4.69, 9.17) is 0 Å². The fourth-order valence-corrected chi connectivity index (χ4v) is 2.95. The zero-order chi connectivity index (χ0) is 15.2. The fourth-order valence-electron chi connectivity index (χ4n) is 2.95. The number of benzene rings is 1. The van der Waals surface area contributed by atoms with E-state index in [0.29, 0.717) is 6.04 Å². The van der Waals surface area contributed by atoms with Gasteiger partial charge in [0.05, 0.1) is 0 Å². The normalized spacial score (nSPS) is 14.9. The molecule has 0 saturated carbocycles. The van der Waals surface area contributed by atoms with Crippen LogP contribution in [0.2, 0.25) is 0 Å². The number of aromatic nitrogens is 1. The lowest BCUT2D eigenvalue weighted by Gasteiger charge is -2.16. The zero-order valence-electron chi connectivity index (χ0n) is 13.5. The number of fused-ring (bicyclic) bond motifs is 1. The second-order valence-corrected chi connectivity index (χ2v) is 5.75. The van der Waals surface area contributed by atoms with Crippen LogP contribution in [0.15, 0.2) is 47.6 Å². The first kappa shape index (κ1) is 17.8. The van der Waals surface area contributed by atoms with Gasteiger partial charge in [-0.2, -0.15) is 0 Å². The van der Waals surface area contributed by atoms with E-state index in [1.807, 2.05) is 7.05 Å². The van der Waals surface area contributed by atoms with E-state index < -0.39 is 0 Å². The van der Waals surface area contributed by atoms with E-state index in [2.05, 4.69) is 63.2 Å². The molecule has 23 heavy (non-hydrogen) atoms. The number of hydrogen-bond donors (Lipinski definition) is 3. The molecule has 3 rings (SSSR count). The van der Waals surface area contributed by atoms with Gasteiger partial charge in [0.15, 0.2) is 5.96 Å². The van der Waals surface area contributed by atoms with Gasteiger partial charge in [-0.05, 0) is 37.3 Å². The van der Waals surface area contributed by atoms with Gasteiger partial charge in [0.25, 0.3) is 0 Å². The number of aliphatic imine (C=N–C) groups is 1. The molecular weight excluding hydrogens is 399 g/mol. The van der Waals surface area contributed by atoms with Crippen LogP contribution in [0.1, 0.15) is 24.8 Å². The van der Waals surface area contributed by atoms with E-state index in [1.165, 1.54) is 16.5 Å². The molecule has 0 aliphatic heterocycles. The molecule has 0 fully saturated rings. The Bertz CT molecular complexity index is 666. The number of nitrogens with one attached hydrogen (secondary N) is 3. The summed E-state index contributed by atoms with van der Waals surface area (Å²) in [6.07, 6.45) is 10.9. The zero-order valence-corrected chi connectivity index (χ0v) is 15.8. The standard InChI is InChI=1S/C18H24N4.HI/c1-19-18(22-15-8-2-3-9-15)20-12-6-7-14-13-21-17-11-5-4-10-16(14)17;/h2-5,10-11,13,15,21H,6-9,12H2,1H3,(H2,19,20,22);1H. The quantitative estimate of drug-likeness (QED) is 0.226. The predicted molar refractivity (Wildman–Crippen MR) is 109 cm³/mol. The van der Waals surface area contributed by atoms with Gasteiger partial charge in [-0.3, -0.25) is 4.99 Å². The number of H-pyrrole nitrogens is 1. The topological polar surface area (TPSA) is 52.2 Å². The highest BCUT2D eigenvalue weighted by Crippen LogP contribution is 2.18. The smallest absolute Gasteiger partial charge is 0.191 e. The number of aryl methyl sites for hydroxylation is 1. The summed E-state index contributed by atoms with van der Waals surface area (Å²) < 4.78 is 0. The first-order valence-electron chi connectivity index (χ1n) is 8.04. The van der Waals surface area contributed by atoms with Gasteiger partial charge in [0, 0.05) is 36.7 Å². The van der Waals surface area contributed by atoms with Crippen molar-refractivity contribution in [1.82, 2.24) is 15.6 Å². The van der Waals surface area contributed by atoms with Crippen molar-refractivity contribution in [2.24, 2.45) is 4.99 Å². The van der Waals surface area contributed by atoms with Crippen molar-refractivity contribution < 1.29 is 0 Å². The van der Waals surface area contributed by atoms with Gasteiger partial charge in [0.1, 0.15) is 0 Å². The summed E-state index contributed by atoms with van der Waals surface area (Å²) in [5.74, 6) is 0.910. The molecule has 0 saturated heterocycles. The Morgan fingerprint density at radius 1 is 1.26 bits per heavy atom. The van der Waals surface area contributed by atoms with Crippen molar-refractivity contribution in [3.63, 3.8) is 0 Å². The Balaban J connectivity index is 0.00000192. The van der Waals surface area contributed by atoms with E-state index in [-0.39, 0.29) is 24.0 Å². The molecule has 1 aliphatic rings. The van der Waals surface area contributed by atoms with E-state index >= 15 is 0 Å². The Kier molecular flexibility index (Phi) is 6.95. The van der Waals surface area contributed by atoms with Crippen LogP contribution in [0.3, 0.4) is 0 Å². The summed E-state index contributed by atoms with van der Waals surface area (Å²) in [4.78, 5) is 7.63. The van der Waals surface area contributed by atoms with E-state index in [9.17, 15) is 0 Å². The number of para-hydroxylation sites is 1. The maximum absolute atomic E-state index is 4.30. The van der Waals surface area contributed by atoms with Crippen molar-refractivity contribution in [3.8, 4) is 0 Å². The Morgan fingerprint density at radius 2 is 2.04 bits per heavy atom. The van der Waals surface area contributed by atoms with Gasteiger partial charge in [-0.1, -0.05) is 30.4 Å². The van der Waals surface area contributed by atoms with Crippen molar-refractivity contribution in [2.75, 3.05) is 13.6 Å². The molecular formula is C18H25IN4. The van der Waals surface area contributed by atoms with Crippen molar-refractivity contribution in [1.29, 1.82) is 0 Å². The van der Waals surface area contributed by atoms with Crippen LogP contribution in [0.4, 0.5) is 0 Å². The Labute approximate surface area is 154 Å². The third kappa shape index (κ3) is 4.73. The predicted octanol–water partition coefficient (Wildman–Crippen LogP) is 3.60. The highest BCUT2D eigenvalue weighted by molar-refractivity contribution is 14.0. The van der Waals surface area contributed by atoms with E-state index in [1.54, 1.807) is 0 Å². The van der Waals surface area contributed by atoms with Crippen LogP contribution in [0, 0.1) is 0 Å². The second kappa shape index (κ2) is 8.96. The molecule has 0 unspecified atom stereocenters. The third-order valence-electron chi connectivity index (χ3n) is 4.16. The molecule has 0 radical (unpaired) electrons.